The predicted octanol–water partition coefficient (Wildman–Crippen LogP) is 8.62. The van der Waals surface area contributed by atoms with Crippen molar-refractivity contribution >= 4 is 33.2 Å². The van der Waals surface area contributed by atoms with Gasteiger partial charge in [-0.2, -0.15) is 0 Å². The zero-order chi connectivity index (χ0) is 27.1. The minimum Gasteiger partial charge on any atom is -0.399 e. The van der Waals surface area contributed by atoms with Crippen molar-refractivity contribution in [2.24, 2.45) is 0 Å². The Morgan fingerprint density at radius 3 is 1.23 bits per heavy atom. The summed E-state index contributed by atoms with van der Waals surface area (Å²) in [5.74, 6) is 0. The molecule has 4 N–H and O–H groups in total. The van der Waals surface area contributed by atoms with Crippen molar-refractivity contribution in [3.63, 3.8) is 0 Å². The third-order valence-electron chi connectivity index (χ3n) is 7.38. The summed E-state index contributed by atoms with van der Waals surface area (Å²) in [6, 6.07) is 41.4. The molecule has 5 aromatic carbocycles. The van der Waals surface area contributed by atoms with E-state index >= 15 is 0 Å². The molecular weight excluding hydrogens is 488 g/mol. The molecule has 4 heteroatoms. The van der Waals surface area contributed by atoms with Gasteiger partial charge in [0, 0.05) is 45.7 Å². The van der Waals surface area contributed by atoms with Crippen LogP contribution in [0.3, 0.4) is 0 Å². The Labute approximate surface area is 232 Å². The first kappa shape index (κ1) is 23.6. The van der Waals surface area contributed by atoms with Crippen LogP contribution in [0.5, 0.6) is 0 Å². The number of fused-ring (bicyclic) bond motifs is 3. The molecule has 7 rings (SSSR count). The molecule has 40 heavy (non-hydrogen) atoms. The molecule has 0 saturated carbocycles. The van der Waals surface area contributed by atoms with Crippen LogP contribution in [0.4, 0.5) is 11.4 Å². The van der Waals surface area contributed by atoms with Crippen molar-refractivity contribution < 1.29 is 0 Å². The number of anilines is 2. The average molecular weight is 515 g/mol. The van der Waals surface area contributed by atoms with Gasteiger partial charge in [-0.15, -0.1) is 0 Å². The van der Waals surface area contributed by atoms with Crippen LogP contribution in [0.15, 0.2) is 134 Å². The molecule has 0 aliphatic rings. The summed E-state index contributed by atoms with van der Waals surface area (Å²) in [4.78, 5) is 9.82. The second kappa shape index (κ2) is 9.68. The van der Waals surface area contributed by atoms with Crippen molar-refractivity contribution in [1.29, 1.82) is 0 Å². The van der Waals surface area contributed by atoms with E-state index in [-0.39, 0.29) is 0 Å². The lowest BCUT2D eigenvalue weighted by atomic mass is 9.93. The number of pyridine rings is 2. The highest BCUT2D eigenvalue weighted by Crippen LogP contribution is 2.37. The van der Waals surface area contributed by atoms with Gasteiger partial charge < -0.3 is 11.5 Å². The molecule has 4 nitrogen and oxygen atoms in total. The molecule has 0 saturated heterocycles. The number of hydrogen-bond donors (Lipinski definition) is 2. The van der Waals surface area contributed by atoms with Crippen LogP contribution >= 0.6 is 0 Å². The molecule has 190 valence electrons. The van der Waals surface area contributed by atoms with E-state index in [1.54, 1.807) is 0 Å². The fourth-order valence-electron chi connectivity index (χ4n) is 5.43. The van der Waals surface area contributed by atoms with Gasteiger partial charge in [0.05, 0.1) is 11.0 Å². The van der Waals surface area contributed by atoms with E-state index in [1.807, 2.05) is 73.1 Å². The molecule has 0 aliphatic heterocycles. The van der Waals surface area contributed by atoms with Crippen LogP contribution in [-0.2, 0) is 0 Å². The minimum absolute atomic E-state index is 0.721. The van der Waals surface area contributed by atoms with E-state index in [1.165, 1.54) is 0 Å². The SMILES string of the molecule is Nc1ccc(-c2ccccc2)c(-c2cnc3c(ccc4cc(-c5cc(N)ccc5-c5ccccc5)cnc43)c2)c1. The monoisotopic (exact) mass is 514 g/mol. The standard InChI is InChI=1S/C36H26N4/c37-29-13-15-31(23-7-3-1-4-8-23)33(19-29)27-17-25-11-12-26-18-28(22-40-36(26)35(25)39-21-27)34-20-30(38)14-16-32(34)24-9-5-2-6-10-24/h1-22H,37-38H2. The molecule has 0 amide bonds. The Morgan fingerprint density at radius 1 is 0.375 bits per heavy atom. The number of nitrogens with two attached hydrogens (primary N) is 2. The molecular formula is C36H26N4. The average Bonchev–Trinajstić information content (AvgIpc) is 3.01. The number of nitrogen functional groups attached to an aromatic ring is 2. The Hall–Kier alpha value is -5.48. The van der Waals surface area contributed by atoms with E-state index in [2.05, 4.69) is 60.7 Å². The van der Waals surface area contributed by atoms with E-state index in [4.69, 9.17) is 21.4 Å². The first-order valence-electron chi connectivity index (χ1n) is 13.2. The van der Waals surface area contributed by atoms with Crippen molar-refractivity contribution in [2.75, 3.05) is 11.5 Å². The molecule has 2 heterocycles. The van der Waals surface area contributed by atoms with Gasteiger partial charge in [0.2, 0.25) is 0 Å². The quantitative estimate of drug-likeness (QED) is 0.182. The fraction of sp³-hybridized carbons (Fsp3) is 0. The molecule has 0 fully saturated rings. The van der Waals surface area contributed by atoms with Crippen LogP contribution < -0.4 is 11.5 Å². The second-order valence-electron chi connectivity index (χ2n) is 10.00. The fourth-order valence-corrected chi connectivity index (χ4v) is 5.43. The maximum Gasteiger partial charge on any atom is 0.0965 e. The van der Waals surface area contributed by atoms with Crippen LogP contribution in [-0.4, -0.2) is 9.97 Å². The molecule has 2 aromatic heterocycles. The zero-order valence-corrected chi connectivity index (χ0v) is 21.8. The summed E-state index contributed by atoms with van der Waals surface area (Å²) in [6.45, 7) is 0. The zero-order valence-electron chi connectivity index (χ0n) is 21.8. The van der Waals surface area contributed by atoms with Crippen LogP contribution in [0.25, 0.3) is 66.3 Å². The first-order chi connectivity index (χ1) is 19.6. The number of benzene rings is 5. The van der Waals surface area contributed by atoms with Gasteiger partial charge in [-0.1, -0.05) is 84.9 Å². The van der Waals surface area contributed by atoms with E-state index < -0.39 is 0 Å². The molecule has 0 radical (unpaired) electrons. The largest absolute Gasteiger partial charge is 0.399 e. The maximum atomic E-state index is 6.21. The highest BCUT2D eigenvalue weighted by atomic mass is 14.7. The number of hydrogen-bond acceptors (Lipinski definition) is 4. The smallest absolute Gasteiger partial charge is 0.0965 e. The van der Waals surface area contributed by atoms with Crippen molar-refractivity contribution in [3.05, 3.63) is 134 Å². The summed E-state index contributed by atoms with van der Waals surface area (Å²) in [5.41, 5.74) is 24.3. The summed E-state index contributed by atoms with van der Waals surface area (Å²) in [6.07, 6.45) is 3.84. The van der Waals surface area contributed by atoms with Crippen LogP contribution in [0.1, 0.15) is 0 Å². The summed E-state index contributed by atoms with van der Waals surface area (Å²) < 4.78 is 0. The van der Waals surface area contributed by atoms with Crippen molar-refractivity contribution in [3.8, 4) is 44.5 Å². The third-order valence-corrected chi connectivity index (χ3v) is 7.38. The van der Waals surface area contributed by atoms with Gasteiger partial charge >= 0.3 is 0 Å². The van der Waals surface area contributed by atoms with E-state index in [9.17, 15) is 0 Å². The van der Waals surface area contributed by atoms with E-state index in [0.717, 1.165) is 77.7 Å². The Kier molecular flexibility index (Phi) is 5.72. The third kappa shape index (κ3) is 4.22. The summed E-state index contributed by atoms with van der Waals surface area (Å²) >= 11 is 0. The van der Waals surface area contributed by atoms with Gasteiger partial charge in [0.15, 0.2) is 0 Å². The molecule has 0 unspecified atom stereocenters. The summed E-state index contributed by atoms with van der Waals surface area (Å²) in [7, 11) is 0. The lowest BCUT2D eigenvalue weighted by Gasteiger charge is -2.13. The lowest BCUT2D eigenvalue weighted by Crippen LogP contribution is -1.93. The maximum absolute atomic E-state index is 6.21. The second-order valence-corrected chi connectivity index (χ2v) is 10.00. The Balaban J connectivity index is 1.34. The highest BCUT2D eigenvalue weighted by Gasteiger charge is 2.13. The van der Waals surface area contributed by atoms with Gasteiger partial charge in [0.25, 0.3) is 0 Å². The Morgan fingerprint density at radius 2 is 0.800 bits per heavy atom. The normalized spacial score (nSPS) is 11.2. The van der Waals surface area contributed by atoms with Crippen molar-refractivity contribution in [2.45, 2.75) is 0 Å². The highest BCUT2D eigenvalue weighted by molar-refractivity contribution is 6.05. The molecule has 0 spiro atoms. The van der Waals surface area contributed by atoms with Crippen LogP contribution in [0, 0.1) is 0 Å². The number of aromatic nitrogens is 2. The molecule has 0 atom stereocenters. The summed E-state index contributed by atoms with van der Waals surface area (Å²) in [5, 5.41) is 2.06. The number of nitrogens with zero attached hydrogens (tertiary/aromatic N) is 2. The number of rotatable bonds is 4. The van der Waals surface area contributed by atoms with Gasteiger partial charge in [-0.3, -0.25) is 9.97 Å². The van der Waals surface area contributed by atoms with Crippen LogP contribution in [0.2, 0.25) is 0 Å². The molecule has 7 aromatic rings. The minimum atomic E-state index is 0.721. The Bertz CT molecular complexity index is 1870. The topological polar surface area (TPSA) is 77.8 Å². The predicted molar refractivity (Wildman–Crippen MR) is 168 cm³/mol. The molecule has 0 bridgehead atoms. The molecule has 0 aliphatic carbocycles. The first-order valence-corrected chi connectivity index (χ1v) is 13.2. The lowest BCUT2D eigenvalue weighted by molar-refractivity contribution is 1.37. The van der Waals surface area contributed by atoms with Gasteiger partial charge in [-0.25, -0.2) is 0 Å². The van der Waals surface area contributed by atoms with E-state index in [0.29, 0.717) is 0 Å². The van der Waals surface area contributed by atoms with Gasteiger partial charge in [-0.05, 0) is 69.8 Å². The van der Waals surface area contributed by atoms with Gasteiger partial charge in [0.1, 0.15) is 0 Å². The van der Waals surface area contributed by atoms with Crippen molar-refractivity contribution in [1.82, 2.24) is 9.97 Å².